The van der Waals surface area contributed by atoms with E-state index in [-0.39, 0.29) is 24.0 Å². The normalized spacial score (nSPS) is 23.1. The Labute approximate surface area is 185 Å². The van der Waals surface area contributed by atoms with Crippen LogP contribution in [0.3, 0.4) is 0 Å². The van der Waals surface area contributed by atoms with Crippen LogP contribution in [0, 0.1) is 12.3 Å². The van der Waals surface area contributed by atoms with Gasteiger partial charge in [-0.2, -0.15) is 0 Å². The van der Waals surface area contributed by atoms with Crippen LogP contribution in [-0.4, -0.2) is 58.0 Å². The van der Waals surface area contributed by atoms with Crippen LogP contribution in [0.1, 0.15) is 63.0 Å². The van der Waals surface area contributed by atoms with Crippen LogP contribution >= 0.6 is 24.0 Å². The van der Waals surface area contributed by atoms with Gasteiger partial charge in [-0.3, -0.25) is 0 Å². The summed E-state index contributed by atoms with van der Waals surface area (Å²) >= 11 is 0. The van der Waals surface area contributed by atoms with Crippen LogP contribution in [0.5, 0.6) is 0 Å². The van der Waals surface area contributed by atoms with Crippen molar-refractivity contribution in [3.05, 3.63) is 11.6 Å². The van der Waals surface area contributed by atoms with Crippen LogP contribution in [0.2, 0.25) is 0 Å². The first kappa shape index (κ1) is 21.8. The molecule has 0 unspecified atom stereocenters. The summed E-state index contributed by atoms with van der Waals surface area (Å²) in [6, 6.07) is 0.560. The van der Waals surface area contributed by atoms with E-state index in [4.69, 9.17) is 9.73 Å². The van der Waals surface area contributed by atoms with Crippen LogP contribution in [-0.2, 0) is 18.3 Å². The number of ether oxygens (including phenoxy) is 1. The number of nitrogens with zero attached hydrogens (tertiary/aromatic N) is 5. The fourth-order valence-electron chi connectivity index (χ4n) is 4.73. The Balaban J connectivity index is 0.00000225. The van der Waals surface area contributed by atoms with E-state index in [9.17, 15) is 0 Å². The Morgan fingerprint density at radius 2 is 1.93 bits per heavy atom. The Bertz CT molecular complexity index is 664. The molecule has 3 aliphatic rings. The number of halogens is 1. The van der Waals surface area contributed by atoms with Gasteiger partial charge in [-0.05, 0) is 44.4 Å². The molecule has 1 N–H and O–H groups in total. The van der Waals surface area contributed by atoms with Crippen LogP contribution in [0.25, 0.3) is 0 Å². The van der Waals surface area contributed by atoms with Gasteiger partial charge in [-0.25, -0.2) is 4.99 Å². The maximum atomic E-state index is 5.61. The number of aromatic nitrogens is 3. The number of nitrogens with one attached hydrogen (secondary N) is 1. The summed E-state index contributed by atoms with van der Waals surface area (Å²) in [5, 5.41) is 12.3. The molecule has 7 nitrogen and oxygen atoms in total. The molecule has 2 aliphatic heterocycles. The van der Waals surface area contributed by atoms with Crippen molar-refractivity contribution in [1.29, 1.82) is 0 Å². The molecule has 8 heteroatoms. The predicted octanol–water partition coefficient (Wildman–Crippen LogP) is 3.02. The minimum Gasteiger partial charge on any atom is -0.381 e. The molecule has 1 spiro atoms. The van der Waals surface area contributed by atoms with Gasteiger partial charge in [0.05, 0.1) is 0 Å². The topological polar surface area (TPSA) is 67.6 Å². The average Bonchev–Trinajstić information content (AvgIpc) is 3.24. The minimum absolute atomic E-state index is 0. The fourth-order valence-corrected chi connectivity index (χ4v) is 4.73. The summed E-state index contributed by atoms with van der Waals surface area (Å²) in [7, 11) is 2.02. The Hall–Kier alpha value is -0.900. The number of guanidine groups is 1. The monoisotopic (exact) mass is 502 g/mol. The van der Waals surface area contributed by atoms with Gasteiger partial charge < -0.3 is 19.5 Å². The standard InChI is InChI=1S/C20H34N6O.HI/c1-16-23-24-18(25(16)2)14-21-19(22-17-6-4-3-5-7-17)26-11-8-20(15-26)9-12-27-13-10-20;/h17H,3-15H2,1-2H3,(H,21,22);1H. The fraction of sp³-hybridized carbons (Fsp3) is 0.850. The summed E-state index contributed by atoms with van der Waals surface area (Å²) in [4.78, 5) is 7.49. The molecule has 4 rings (SSSR count). The van der Waals surface area contributed by atoms with E-state index in [2.05, 4.69) is 20.4 Å². The quantitative estimate of drug-likeness (QED) is 0.391. The second-order valence-corrected chi connectivity index (χ2v) is 8.63. The van der Waals surface area contributed by atoms with Crippen LogP contribution in [0.4, 0.5) is 0 Å². The molecule has 2 saturated heterocycles. The van der Waals surface area contributed by atoms with E-state index in [1.807, 2.05) is 18.5 Å². The molecular weight excluding hydrogens is 467 g/mol. The van der Waals surface area contributed by atoms with Crippen molar-refractivity contribution in [3.8, 4) is 0 Å². The number of hydrogen-bond acceptors (Lipinski definition) is 4. The number of hydrogen-bond donors (Lipinski definition) is 1. The van der Waals surface area contributed by atoms with Crippen molar-refractivity contribution >= 4 is 29.9 Å². The smallest absolute Gasteiger partial charge is 0.194 e. The lowest BCUT2D eigenvalue weighted by Crippen LogP contribution is -2.47. The summed E-state index contributed by atoms with van der Waals surface area (Å²) in [5.74, 6) is 2.94. The molecule has 158 valence electrons. The van der Waals surface area contributed by atoms with Crippen molar-refractivity contribution < 1.29 is 4.74 Å². The van der Waals surface area contributed by atoms with E-state index in [0.717, 1.165) is 43.9 Å². The molecule has 0 aromatic carbocycles. The number of rotatable bonds is 3. The number of aliphatic imine (C=N–C) groups is 1. The van der Waals surface area contributed by atoms with E-state index in [0.29, 0.717) is 18.0 Å². The highest BCUT2D eigenvalue weighted by atomic mass is 127. The largest absolute Gasteiger partial charge is 0.381 e. The zero-order chi connectivity index (χ0) is 18.7. The zero-order valence-electron chi connectivity index (χ0n) is 17.3. The number of aryl methyl sites for hydroxylation is 1. The first-order valence-corrected chi connectivity index (χ1v) is 10.6. The summed E-state index contributed by atoms with van der Waals surface area (Å²) in [6.07, 6.45) is 10.2. The van der Waals surface area contributed by atoms with E-state index in [1.165, 1.54) is 51.4 Å². The van der Waals surface area contributed by atoms with Crippen molar-refractivity contribution in [3.63, 3.8) is 0 Å². The van der Waals surface area contributed by atoms with Crippen LogP contribution in [0.15, 0.2) is 4.99 Å². The molecule has 0 amide bonds. The predicted molar refractivity (Wildman–Crippen MR) is 121 cm³/mol. The third-order valence-corrected chi connectivity index (χ3v) is 6.78. The van der Waals surface area contributed by atoms with Crippen molar-refractivity contribution in [2.24, 2.45) is 17.5 Å². The van der Waals surface area contributed by atoms with Crippen molar-refractivity contribution in [2.45, 2.75) is 70.9 Å². The summed E-state index contributed by atoms with van der Waals surface area (Å²) in [5.41, 5.74) is 0.425. The first-order chi connectivity index (χ1) is 13.2. The molecule has 1 aliphatic carbocycles. The SMILES string of the molecule is Cc1nnc(CN=C(NC2CCCCC2)N2CCC3(CCOCC3)C2)n1C.I. The molecule has 0 radical (unpaired) electrons. The molecule has 1 aromatic heterocycles. The molecule has 28 heavy (non-hydrogen) atoms. The lowest BCUT2D eigenvalue weighted by Gasteiger charge is -2.34. The van der Waals surface area contributed by atoms with Gasteiger partial charge in [0.1, 0.15) is 12.4 Å². The molecule has 3 fully saturated rings. The lowest BCUT2D eigenvalue weighted by molar-refractivity contribution is 0.0217. The maximum Gasteiger partial charge on any atom is 0.194 e. The molecule has 1 aromatic rings. The third kappa shape index (κ3) is 4.98. The first-order valence-electron chi connectivity index (χ1n) is 10.6. The van der Waals surface area contributed by atoms with Crippen LogP contribution < -0.4 is 5.32 Å². The highest BCUT2D eigenvalue weighted by Crippen LogP contribution is 2.39. The van der Waals surface area contributed by atoms with Gasteiger partial charge in [-0.1, -0.05) is 19.3 Å². The summed E-state index contributed by atoms with van der Waals surface area (Å²) < 4.78 is 7.65. The maximum absolute atomic E-state index is 5.61. The highest BCUT2D eigenvalue weighted by molar-refractivity contribution is 14.0. The third-order valence-electron chi connectivity index (χ3n) is 6.78. The van der Waals surface area contributed by atoms with Gasteiger partial charge in [-0.15, -0.1) is 34.2 Å². The van der Waals surface area contributed by atoms with Gasteiger partial charge >= 0.3 is 0 Å². The minimum atomic E-state index is 0. The molecule has 3 heterocycles. The second-order valence-electron chi connectivity index (χ2n) is 8.63. The van der Waals surface area contributed by atoms with E-state index in [1.54, 1.807) is 0 Å². The lowest BCUT2D eigenvalue weighted by atomic mass is 9.80. The molecule has 0 bridgehead atoms. The Kier molecular flexibility index (Phi) is 7.58. The van der Waals surface area contributed by atoms with Gasteiger partial charge in [0.15, 0.2) is 11.8 Å². The second kappa shape index (κ2) is 9.73. The number of likely N-dealkylation sites (tertiary alicyclic amines) is 1. The van der Waals surface area contributed by atoms with Gasteiger partial charge in [0, 0.05) is 39.4 Å². The molecule has 0 atom stereocenters. The summed E-state index contributed by atoms with van der Waals surface area (Å²) in [6.45, 7) is 6.59. The highest BCUT2D eigenvalue weighted by Gasteiger charge is 2.40. The Morgan fingerprint density at radius 3 is 2.61 bits per heavy atom. The molecule has 1 saturated carbocycles. The van der Waals surface area contributed by atoms with Crippen molar-refractivity contribution in [2.75, 3.05) is 26.3 Å². The molecular formula is C20H35IN6O. The Morgan fingerprint density at radius 1 is 1.18 bits per heavy atom. The average molecular weight is 502 g/mol. The van der Waals surface area contributed by atoms with Crippen molar-refractivity contribution in [1.82, 2.24) is 25.0 Å². The van der Waals surface area contributed by atoms with E-state index < -0.39 is 0 Å². The zero-order valence-corrected chi connectivity index (χ0v) is 19.7. The van der Waals surface area contributed by atoms with E-state index >= 15 is 0 Å². The van der Waals surface area contributed by atoms with Gasteiger partial charge in [0.25, 0.3) is 0 Å². The van der Waals surface area contributed by atoms with Gasteiger partial charge in [0.2, 0.25) is 0 Å².